The maximum Gasteiger partial charge on any atom is 0.224 e. The first-order valence-corrected chi connectivity index (χ1v) is 6.22. The molecule has 0 unspecified atom stereocenters. The lowest BCUT2D eigenvalue weighted by Gasteiger charge is -2.00. The second kappa shape index (κ2) is 4.82. The highest BCUT2D eigenvalue weighted by Crippen LogP contribution is 2.18. The van der Waals surface area contributed by atoms with Crippen molar-refractivity contribution in [2.45, 2.75) is 6.92 Å². The summed E-state index contributed by atoms with van der Waals surface area (Å²) in [4.78, 5) is 7.97. The largest absolute Gasteiger partial charge is 0.226 e. The molecule has 19 heavy (non-hydrogen) atoms. The van der Waals surface area contributed by atoms with Crippen LogP contribution in [0.4, 0.5) is 0 Å². The molecule has 5 heteroatoms. The summed E-state index contributed by atoms with van der Waals surface area (Å²) in [5.74, 6) is 0.651. The molecule has 0 radical (unpaired) electrons. The minimum Gasteiger partial charge on any atom is -0.226 e. The molecule has 94 valence electrons. The fourth-order valence-corrected chi connectivity index (χ4v) is 1.93. The van der Waals surface area contributed by atoms with E-state index >= 15 is 0 Å². The number of rotatable bonds is 2. The van der Waals surface area contributed by atoms with E-state index in [-0.39, 0.29) is 5.28 Å². The molecule has 4 nitrogen and oxygen atoms in total. The van der Waals surface area contributed by atoms with Gasteiger partial charge in [-0.3, -0.25) is 0 Å². The zero-order valence-corrected chi connectivity index (χ0v) is 11.0. The molecule has 0 atom stereocenters. The summed E-state index contributed by atoms with van der Waals surface area (Å²) in [6, 6.07) is 11.9. The summed E-state index contributed by atoms with van der Waals surface area (Å²) in [5, 5.41) is 4.70. The average Bonchev–Trinajstić information content (AvgIpc) is 2.89. The topological polar surface area (TPSA) is 43.6 Å². The summed E-state index contributed by atoms with van der Waals surface area (Å²) < 4.78 is 1.68. The third-order valence-electron chi connectivity index (χ3n) is 2.78. The van der Waals surface area contributed by atoms with Gasteiger partial charge in [0.25, 0.3) is 0 Å². The summed E-state index contributed by atoms with van der Waals surface area (Å²) in [6.45, 7) is 2.06. The lowest BCUT2D eigenvalue weighted by molar-refractivity contribution is 0.843. The molecule has 3 rings (SSSR count). The Morgan fingerprint density at radius 2 is 1.84 bits per heavy atom. The van der Waals surface area contributed by atoms with E-state index in [2.05, 4.69) is 46.3 Å². The zero-order chi connectivity index (χ0) is 13.2. The monoisotopic (exact) mass is 270 g/mol. The highest BCUT2D eigenvalue weighted by molar-refractivity contribution is 6.28. The van der Waals surface area contributed by atoms with Crippen LogP contribution in [0.5, 0.6) is 0 Å². The average molecular weight is 271 g/mol. The third-order valence-corrected chi connectivity index (χ3v) is 2.96. The second-order valence-electron chi connectivity index (χ2n) is 4.20. The van der Waals surface area contributed by atoms with Crippen LogP contribution in [-0.2, 0) is 0 Å². The van der Waals surface area contributed by atoms with E-state index in [1.54, 1.807) is 16.9 Å². The molecule has 0 bridgehead atoms. The van der Waals surface area contributed by atoms with Crippen molar-refractivity contribution in [3.63, 3.8) is 0 Å². The van der Waals surface area contributed by atoms with E-state index in [4.69, 9.17) is 11.6 Å². The number of halogens is 1. The molecule has 2 aromatic heterocycles. The van der Waals surface area contributed by atoms with Crippen molar-refractivity contribution in [3.05, 3.63) is 59.6 Å². The maximum absolute atomic E-state index is 5.77. The predicted octanol–water partition coefficient (Wildman–Crippen LogP) is 3.29. The van der Waals surface area contributed by atoms with Crippen molar-refractivity contribution < 1.29 is 0 Å². The summed E-state index contributed by atoms with van der Waals surface area (Å²) >= 11 is 5.77. The highest BCUT2D eigenvalue weighted by atomic mass is 35.5. The highest BCUT2D eigenvalue weighted by Gasteiger charge is 2.05. The number of nitrogens with zero attached hydrogens (tertiary/aromatic N) is 4. The number of aryl methyl sites for hydroxylation is 1. The van der Waals surface area contributed by atoms with Gasteiger partial charge in [-0.1, -0.05) is 29.8 Å². The Labute approximate surface area is 115 Å². The van der Waals surface area contributed by atoms with Gasteiger partial charge in [-0.25, -0.2) is 9.67 Å². The van der Waals surface area contributed by atoms with Gasteiger partial charge in [0.2, 0.25) is 5.28 Å². The Hall–Kier alpha value is -2.20. The normalized spacial score (nSPS) is 10.6. The predicted molar refractivity (Wildman–Crippen MR) is 74.3 cm³/mol. The Kier molecular flexibility index (Phi) is 3.01. The van der Waals surface area contributed by atoms with Crippen LogP contribution in [0.3, 0.4) is 0 Å². The summed E-state index contributed by atoms with van der Waals surface area (Å²) in [6.07, 6.45) is 3.46. The molecule has 0 fully saturated rings. The molecule has 0 aliphatic rings. The van der Waals surface area contributed by atoms with E-state index in [9.17, 15) is 0 Å². The second-order valence-corrected chi connectivity index (χ2v) is 4.53. The first-order valence-electron chi connectivity index (χ1n) is 5.84. The van der Waals surface area contributed by atoms with Gasteiger partial charge in [-0.05, 0) is 24.6 Å². The van der Waals surface area contributed by atoms with Crippen LogP contribution in [0.15, 0.2) is 48.8 Å². The van der Waals surface area contributed by atoms with Crippen LogP contribution < -0.4 is 0 Å². The zero-order valence-electron chi connectivity index (χ0n) is 10.3. The van der Waals surface area contributed by atoms with E-state index in [1.807, 2.05) is 12.3 Å². The quantitative estimate of drug-likeness (QED) is 0.671. The molecule has 3 aromatic rings. The number of benzene rings is 1. The molecule has 0 saturated heterocycles. The molecule has 0 amide bonds. The van der Waals surface area contributed by atoms with E-state index in [1.165, 1.54) is 5.56 Å². The van der Waals surface area contributed by atoms with Crippen molar-refractivity contribution in [3.8, 4) is 17.1 Å². The first kappa shape index (κ1) is 11.9. The standard InChI is InChI=1S/C14H11ClN4/c1-10-2-4-11(5-3-10)12-7-9-19(18-12)13-6-8-16-14(15)17-13/h2-9H,1H3. The minimum atomic E-state index is 0.213. The van der Waals surface area contributed by atoms with Gasteiger partial charge >= 0.3 is 0 Å². The summed E-state index contributed by atoms with van der Waals surface area (Å²) in [7, 11) is 0. The van der Waals surface area contributed by atoms with Crippen molar-refractivity contribution in [1.82, 2.24) is 19.7 Å². The SMILES string of the molecule is Cc1ccc(-c2ccn(-c3ccnc(Cl)n3)n2)cc1. The molecule has 0 saturated carbocycles. The molecule has 0 aliphatic carbocycles. The van der Waals surface area contributed by atoms with Crippen molar-refractivity contribution >= 4 is 11.6 Å². The van der Waals surface area contributed by atoms with Gasteiger partial charge in [0.05, 0.1) is 5.69 Å². The van der Waals surface area contributed by atoms with Crippen molar-refractivity contribution in [2.24, 2.45) is 0 Å². The molecule has 0 spiro atoms. The molecule has 0 N–H and O–H groups in total. The number of aromatic nitrogens is 4. The number of hydrogen-bond donors (Lipinski definition) is 0. The van der Waals surface area contributed by atoms with Crippen LogP contribution in [0.25, 0.3) is 17.1 Å². The van der Waals surface area contributed by atoms with Gasteiger partial charge < -0.3 is 0 Å². The fourth-order valence-electron chi connectivity index (χ4n) is 1.78. The van der Waals surface area contributed by atoms with Crippen molar-refractivity contribution in [2.75, 3.05) is 0 Å². The molecule has 0 aliphatic heterocycles. The van der Waals surface area contributed by atoms with Crippen LogP contribution >= 0.6 is 11.6 Å². The molecule has 2 heterocycles. The molecular weight excluding hydrogens is 260 g/mol. The van der Waals surface area contributed by atoms with Gasteiger partial charge in [0.1, 0.15) is 0 Å². The Balaban J connectivity index is 1.97. The first-order chi connectivity index (χ1) is 9.22. The lowest BCUT2D eigenvalue weighted by atomic mass is 10.1. The Bertz CT molecular complexity index is 703. The smallest absolute Gasteiger partial charge is 0.224 e. The van der Waals surface area contributed by atoms with E-state index in [0.717, 1.165) is 11.3 Å². The van der Waals surface area contributed by atoms with Crippen LogP contribution in [-0.4, -0.2) is 19.7 Å². The van der Waals surface area contributed by atoms with Crippen molar-refractivity contribution in [1.29, 1.82) is 0 Å². The molecule has 1 aromatic carbocycles. The number of hydrogen-bond acceptors (Lipinski definition) is 3. The van der Waals surface area contributed by atoms with Crippen LogP contribution in [0, 0.1) is 6.92 Å². The fraction of sp³-hybridized carbons (Fsp3) is 0.0714. The van der Waals surface area contributed by atoms with Gasteiger partial charge in [-0.2, -0.15) is 10.1 Å². The van der Waals surface area contributed by atoms with Crippen LogP contribution in [0.2, 0.25) is 5.28 Å². The van der Waals surface area contributed by atoms with Gasteiger partial charge in [0.15, 0.2) is 5.82 Å². The Morgan fingerprint density at radius 1 is 1.05 bits per heavy atom. The minimum absolute atomic E-state index is 0.213. The maximum atomic E-state index is 5.77. The Morgan fingerprint density at radius 3 is 2.58 bits per heavy atom. The van der Waals surface area contributed by atoms with E-state index in [0.29, 0.717) is 5.82 Å². The van der Waals surface area contributed by atoms with Gasteiger partial charge in [0, 0.05) is 24.0 Å². The van der Waals surface area contributed by atoms with Crippen LogP contribution in [0.1, 0.15) is 5.56 Å². The van der Waals surface area contributed by atoms with Gasteiger partial charge in [-0.15, -0.1) is 0 Å². The third kappa shape index (κ3) is 2.48. The van der Waals surface area contributed by atoms with E-state index < -0.39 is 0 Å². The lowest BCUT2D eigenvalue weighted by Crippen LogP contribution is -1.99. The molecular formula is C14H11ClN4. The summed E-state index contributed by atoms with van der Waals surface area (Å²) in [5.41, 5.74) is 3.20.